The highest BCUT2D eigenvalue weighted by atomic mass is 35.5. The average molecular weight is 664 g/mol. The van der Waals surface area contributed by atoms with Gasteiger partial charge in [0.05, 0.1) is 28.8 Å². The molecule has 0 bridgehead atoms. The largest absolute Gasteiger partial charge is 0.483 e. The van der Waals surface area contributed by atoms with E-state index >= 15 is 0 Å². The topological polar surface area (TPSA) is 135 Å². The number of aromatic nitrogens is 1. The minimum Gasteiger partial charge on any atom is -0.483 e. The molecule has 0 unspecified atom stereocenters. The third-order valence-corrected chi connectivity index (χ3v) is 10.1. The number of carbonyl (C=O) groups excluding carboxylic acids is 4. The number of esters is 1. The average Bonchev–Trinajstić information content (AvgIpc) is 3.50. The molecule has 45 heavy (non-hydrogen) atoms. The van der Waals surface area contributed by atoms with Gasteiger partial charge in [-0.3, -0.25) is 19.2 Å². The van der Waals surface area contributed by atoms with E-state index in [1.807, 2.05) is 25.1 Å². The first-order valence-corrected chi connectivity index (χ1v) is 16.1. The summed E-state index contributed by atoms with van der Waals surface area (Å²) in [6.45, 7) is 3.50. The fraction of sp³-hybridized carbons (Fsp3) is 0.219. The maximum atomic E-state index is 14.1. The Morgan fingerprint density at radius 1 is 1.02 bits per heavy atom. The molecule has 4 aromatic rings. The number of thioether (sulfide) groups is 1. The van der Waals surface area contributed by atoms with Crippen LogP contribution in [0.5, 0.6) is 5.75 Å². The maximum Gasteiger partial charge on any atom is 0.338 e. The number of hydrogen-bond donors (Lipinski definition) is 2. The van der Waals surface area contributed by atoms with Crippen LogP contribution in [0, 0.1) is 12.8 Å². The van der Waals surface area contributed by atoms with Crippen molar-refractivity contribution in [3.63, 3.8) is 0 Å². The van der Waals surface area contributed by atoms with E-state index in [9.17, 15) is 24.0 Å². The van der Waals surface area contributed by atoms with Gasteiger partial charge in [0, 0.05) is 27.1 Å². The Hall–Kier alpha value is -4.39. The quantitative estimate of drug-likeness (QED) is 0.189. The minimum absolute atomic E-state index is 0.213. The molecule has 0 spiro atoms. The van der Waals surface area contributed by atoms with Gasteiger partial charge in [0.2, 0.25) is 11.8 Å². The lowest BCUT2D eigenvalue weighted by Gasteiger charge is -2.31. The molecule has 1 aromatic heterocycles. The minimum atomic E-state index is -0.909. The third-order valence-electron chi connectivity index (χ3n) is 7.43. The Morgan fingerprint density at radius 3 is 2.53 bits per heavy atom. The van der Waals surface area contributed by atoms with E-state index in [1.165, 1.54) is 24.3 Å². The van der Waals surface area contributed by atoms with Crippen LogP contribution < -0.4 is 19.8 Å². The van der Waals surface area contributed by atoms with Crippen molar-refractivity contribution in [3.8, 4) is 5.75 Å². The van der Waals surface area contributed by atoms with E-state index in [2.05, 4.69) is 10.3 Å². The van der Waals surface area contributed by atoms with Crippen LogP contribution in [-0.4, -0.2) is 47.1 Å². The summed E-state index contributed by atoms with van der Waals surface area (Å²) in [4.78, 5) is 69.6. The Morgan fingerprint density at radius 2 is 1.80 bits per heavy atom. The van der Waals surface area contributed by atoms with Gasteiger partial charge in [0.25, 0.3) is 5.91 Å². The molecule has 6 rings (SSSR count). The molecule has 3 atom stereocenters. The molecule has 1 fully saturated rings. The van der Waals surface area contributed by atoms with Gasteiger partial charge < -0.3 is 19.8 Å². The lowest BCUT2D eigenvalue weighted by atomic mass is 9.82. The van der Waals surface area contributed by atoms with Crippen molar-refractivity contribution in [1.29, 1.82) is 0 Å². The zero-order valence-corrected chi connectivity index (χ0v) is 26.4. The van der Waals surface area contributed by atoms with E-state index in [-0.39, 0.29) is 23.7 Å². The van der Waals surface area contributed by atoms with Crippen LogP contribution in [0.1, 0.15) is 39.2 Å². The van der Waals surface area contributed by atoms with E-state index in [1.54, 1.807) is 31.2 Å². The van der Waals surface area contributed by atoms with E-state index in [0.717, 1.165) is 33.6 Å². The van der Waals surface area contributed by atoms with Crippen molar-refractivity contribution >= 4 is 69.8 Å². The second-order valence-electron chi connectivity index (χ2n) is 10.4. The highest BCUT2D eigenvalue weighted by molar-refractivity contribution is 8.00. The van der Waals surface area contributed by atoms with E-state index in [4.69, 9.17) is 21.1 Å². The number of aromatic amines is 1. The fourth-order valence-electron chi connectivity index (χ4n) is 5.52. The Kier molecular flexibility index (Phi) is 8.54. The molecule has 3 aromatic carbocycles. The normalized spacial score (nSPS) is 18.7. The van der Waals surface area contributed by atoms with Crippen LogP contribution in [0.4, 0.5) is 11.4 Å². The molecule has 1 saturated heterocycles. The lowest BCUT2D eigenvalue weighted by molar-refractivity contribution is -0.122. The number of aryl methyl sites for hydroxylation is 1. The van der Waals surface area contributed by atoms with Crippen LogP contribution in [-0.2, 0) is 19.1 Å². The summed E-state index contributed by atoms with van der Waals surface area (Å²) < 4.78 is 11.0. The Balaban J connectivity index is 1.33. The van der Waals surface area contributed by atoms with Crippen molar-refractivity contribution in [2.45, 2.75) is 30.0 Å². The van der Waals surface area contributed by atoms with Crippen LogP contribution in [0.2, 0.25) is 5.02 Å². The first-order chi connectivity index (χ1) is 21.6. The highest BCUT2D eigenvalue weighted by Crippen LogP contribution is 2.54. The van der Waals surface area contributed by atoms with Crippen molar-refractivity contribution in [2.24, 2.45) is 5.92 Å². The van der Waals surface area contributed by atoms with Gasteiger partial charge in [-0.25, -0.2) is 9.69 Å². The van der Waals surface area contributed by atoms with Crippen LogP contribution in [0.25, 0.3) is 0 Å². The summed E-state index contributed by atoms with van der Waals surface area (Å²) in [5.41, 5.74) is 2.67. The van der Waals surface area contributed by atoms with Gasteiger partial charge >= 0.3 is 10.8 Å². The van der Waals surface area contributed by atoms with Crippen LogP contribution in [0.3, 0.4) is 0 Å². The number of nitrogens with zero attached hydrogens (tertiary/aromatic N) is 1. The SMILES string of the molecule is CCOC(=O)c1ccc(N2C(=O)[C@H]3[C@H](c4cc(Cl)ccc4OCC(=O)Nc4cccc(C)c4)c4sc(=O)[nH]c4S[C@H]3C2=O)cc1. The number of benzene rings is 3. The summed E-state index contributed by atoms with van der Waals surface area (Å²) in [6, 6.07) is 18.2. The summed E-state index contributed by atoms with van der Waals surface area (Å²) in [5, 5.41) is 2.78. The predicted octanol–water partition coefficient (Wildman–Crippen LogP) is 5.39. The number of fused-ring (bicyclic) bond motifs is 2. The zero-order chi connectivity index (χ0) is 31.8. The predicted molar refractivity (Wildman–Crippen MR) is 172 cm³/mol. The summed E-state index contributed by atoms with van der Waals surface area (Å²) in [5.74, 6) is -3.22. The molecule has 0 radical (unpaired) electrons. The molecular formula is C32H26ClN3O7S2. The molecule has 3 heterocycles. The van der Waals surface area contributed by atoms with Gasteiger partial charge in [-0.15, -0.1) is 0 Å². The number of carbonyl (C=O) groups is 4. The van der Waals surface area contributed by atoms with Gasteiger partial charge in [-0.2, -0.15) is 0 Å². The molecule has 13 heteroatoms. The molecule has 230 valence electrons. The fourth-order valence-corrected chi connectivity index (χ4v) is 8.21. The van der Waals surface area contributed by atoms with Crippen molar-refractivity contribution < 1.29 is 28.7 Å². The number of halogens is 1. The first-order valence-electron chi connectivity index (χ1n) is 14.0. The number of hydrogen-bond acceptors (Lipinski definition) is 9. The molecule has 10 nitrogen and oxygen atoms in total. The Labute approximate surface area is 270 Å². The molecular weight excluding hydrogens is 638 g/mol. The standard InChI is InChI=1S/C32H26ClN3O7S2/c1-3-42-31(40)17-7-10-20(11-8-17)36-29(38)25-24(26-28(35-32(41)45-26)44-27(25)30(36)39)21-14-18(33)9-12-22(21)43-15-23(37)34-19-6-4-5-16(2)13-19/h4-14,24-25,27H,3,15H2,1-2H3,(H,34,37)(H,35,41)/t24-,25-,27+/m0/s1. The molecule has 3 amide bonds. The number of rotatable bonds is 8. The number of anilines is 2. The highest BCUT2D eigenvalue weighted by Gasteiger charge is 2.57. The molecule has 2 aliphatic heterocycles. The number of nitrogens with one attached hydrogen (secondary N) is 2. The Bertz CT molecular complexity index is 1890. The number of thiazole rings is 1. The number of H-pyrrole nitrogens is 1. The van der Waals surface area contributed by atoms with Gasteiger partial charge in [0.1, 0.15) is 11.0 Å². The first kappa shape index (κ1) is 30.6. The van der Waals surface area contributed by atoms with E-state index in [0.29, 0.717) is 37.6 Å². The van der Waals surface area contributed by atoms with Crippen molar-refractivity contribution in [1.82, 2.24) is 4.98 Å². The van der Waals surface area contributed by atoms with E-state index < -0.39 is 40.8 Å². The van der Waals surface area contributed by atoms with Crippen molar-refractivity contribution in [2.75, 3.05) is 23.4 Å². The third kappa shape index (κ3) is 6.00. The lowest BCUT2D eigenvalue weighted by Crippen LogP contribution is -2.32. The summed E-state index contributed by atoms with van der Waals surface area (Å²) in [6.07, 6.45) is 0. The molecule has 2 aliphatic rings. The van der Waals surface area contributed by atoms with Crippen LogP contribution >= 0.6 is 34.7 Å². The van der Waals surface area contributed by atoms with Gasteiger partial charge in [-0.05, 0) is 74.0 Å². The second kappa shape index (κ2) is 12.5. The number of ether oxygens (including phenoxy) is 2. The number of imide groups is 1. The number of amides is 3. The van der Waals surface area contributed by atoms with Gasteiger partial charge in [-0.1, -0.05) is 46.8 Å². The molecule has 0 aliphatic carbocycles. The molecule has 0 saturated carbocycles. The summed E-state index contributed by atoms with van der Waals surface area (Å²) in [7, 11) is 0. The smallest absolute Gasteiger partial charge is 0.338 e. The van der Waals surface area contributed by atoms with Gasteiger partial charge in [0.15, 0.2) is 6.61 Å². The molecule has 2 N–H and O–H groups in total. The van der Waals surface area contributed by atoms with Crippen LogP contribution in [0.15, 0.2) is 76.6 Å². The second-order valence-corrected chi connectivity index (χ2v) is 13.0. The maximum absolute atomic E-state index is 14.1. The monoisotopic (exact) mass is 663 g/mol. The summed E-state index contributed by atoms with van der Waals surface area (Å²) >= 11 is 8.53. The van der Waals surface area contributed by atoms with Crippen molar-refractivity contribution in [3.05, 3.63) is 103 Å². The zero-order valence-electron chi connectivity index (χ0n) is 24.0.